The molecule has 4 nitrogen and oxygen atoms in total. The van der Waals surface area contributed by atoms with E-state index in [1.807, 2.05) is 6.07 Å². The molecule has 0 heterocycles. The van der Waals surface area contributed by atoms with Gasteiger partial charge in [-0.15, -0.1) is 0 Å². The van der Waals surface area contributed by atoms with Gasteiger partial charge in [-0.2, -0.15) is 0 Å². The molecular weight excluding hydrogens is 216 g/mol. The fourth-order valence-corrected chi connectivity index (χ4v) is 2.32. The van der Waals surface area contributed by atoms with E-state index >= 15 is 0 Å². The van der Waals surface area contributed by atoms with Gasteiger partial charge in [-0.1, -0.05) is 18.6 Å². The summed E-state index contributed by atoms with van der Waals surface area (Å²) >= 11 is 0. The van der Waals surface area contributed by atoms with Crippen molar-refractivity contribution in [2.75, 3.05) is 5.32 Å². The zero-order chi connectivity index (χ0) is 12.4. The standard InChI is InChI=1S/C13H18N2O2/c1-9-5-3-8-12(13(9)15(16)17)14-10(2)11-6-4-7-11/h3,5,8,10-11,14H,4,6-7H2,1-2H3. The molecule has 1 aliphatic carbocycles. The molecule has 1 N–H and O–H groups in total. The van der Waals surface area contributed by atoms with Crippen LogP contribution in [0.5, 0.6) is 0 Å². The molecule has 0 radical (unpaired) electrons. The number of nitrogens with zero attached hydrogens (tertiary/aromatic N) is 1. The van der Waals surface area contributed by atoms with Crippen molar-refractivity contribution in [3.05, 3.63) is 33.9 Å². The zero-order valence-corrected chi connectivity index (χ0v) is 10.3. The van der Waals surface area contributed by atoms with E-state index in [1.165, 1.54) is 19.3 Å². The van der Waals surface area contributed by atoms with Crippen molar-refractivity contribution < 1.29 is 4.92 Å². The lowest BCUT2D eigenvalue weighted by atomic mass is 9.80. The molecule has 0 saturated heterocycles. The van der Waals surface area contributed by atoms with Crippen LogP contribution < -0.4 is 5.32 Å². The number of aryl methyl sites for hydroxylation is 1. The van der Waals surface area contributed by atoms with Gasteiger partial charge < -0.3 is 5.32 Å². The first-order valence-electron chi connectivity index (χ1n) is 6.10. The number of nitrogens with one attached hydrogen (secondary N) is 1. The van der Waals surface area contributed by atoms with Gasteiger partial charge in [0.1, 0.15) is 5.69 Å². The van der Waals surface area contributed by atoms with Crippen LogP contribution in [-0.4, -0.2) is 11.0 Å². The van der Waals surface area contributed by atoms with E-state index in [0.717, 1.165) is 0 Å². The van der Waals surface area contributed by atoms with Gasteiger partial charge in [-0.05, 0) is 38.7 Å². The number of hydrogen-bond acceptors (Lipinski definition) is 3. The van der Waals surface area contributed by atoms with Crippen molar-refractivity contribution in [1.29, 1.82) is 0 Å². The monoisotopic (exact) mass is 234 g/mol. The number of rotatable bonds is 4. The van der Waals surface area contributed by atoms with Gasteiger partial charge in [0, 0.05) is 11.6 Å². The number of benzene rings is 1. The second-order valence-electron chi connectivity index (χ2n) is 4.85. The highest BCUT2D eigenvalue weighted by atomic mass is 16.6. The lowest BCUT2D eigenvalue weighted by molar-refractivity contribution is -0.384. The molecule has 4 heteroatoms. The molecule has 1 saturated carbocycles. The van der Waals surface area contributed by atoms with Crippen molar-refractivity contribution in [1.82, 2.24) is 0 Å². The Bertz CT molecular complexity index is 427. The van der Waals surface area contributed by atoms with Gasteiger partial charge >= 0.3 is 0 Å². The van der Waals surface area contributed by atoms with E-state index in [1.54, 1.807) is 19.1 Å². The molecule has 0 aliphatic heterocycles. The van der Waals surface area contributed by atoms with Gasteiger partial charge in [0.15, 0.2) is 0 Å². The van der Waals surface area contributed by atoms with Crippen molar-refractivity contribution in [2.24, 2.45) is 5.92 Å². The Morgan fingerprint density at radius 1 is 1.47 bits per heavy atom. The van der Waals surface area contributed by atoms with Crippen LogP contribution in [-0.2, 0) is 0 Å². The average Bonchev–Trinajstić information content (AvgIpc) is 2.13. The maximum atomic E-state index is 11.0. The first-order valence-corrected chi connectivity index (χ1v) is 6.10. The summed E-state index contributed by atoms with van der Waals surface area (Å²) in [5.41, 5.74) is 1.56. The fourth-order valence-electron chi connectivity index (χ4n) is 2.32. The zero-order valence-electron chi connectivity index (χ0n) is 10.3. The first-order chi connectivity index (χ1) is 8.09. The van der Waals surface area contributed by atoms with E-state index in [9.17, 15) is 10.1 Å². The number of hydrogen-bond donors (Lipinski definition) is 1. The molecular formula is C13H18N2O2. The Labute approximate surface area is 101 Å². The van der Waals surface area contributed by atoms with E-state index in [-0.39, 0.29) is 10.6 Å². The molecule has 17 heavy (non-hydrogen) atoms. The molecule has 92 valence electrons. The Hall–Kier alpha value is -1.58. The third-order valence-electron chi connectivity index (χ3n) is 3.66. The van der Waals surface area contributed by atoms with Crippen LogP contribution in [0.1, 0.15) is 31.7 Å². The summed E-state index contributed by atoms with van der Waals surface area (Å²) in [4.78, 5) is 10.7. The lowest BCUT2D eigenvalue weighted by Crippen LogP contribution is -2.31. The molecule has 1 unspecified atom stereocenters. The highest BCUT2D eigenvalue weighted by Crippen LogP contribution is 2.34. The van der Waals surface area contributed by atoms with Gasteiger partial charge in [0.25, 0.3) is 5.69 Å². The largest absolute Gasteiger partial charge is 0.377 e. The van der Waals surface area contributed by atoms with Crippen LogP contribution in [0.25, 0.3) is 0 Å². The fraction of sp³-hybridized carbons (Fsp3) is 0.538. The molecule has 0 aromatic heterocycles. The van der Waals surface area contributed by atoms with Gasteiger partial charge in [0.2, 0.25) is 0 Å². The van der Waals surface area contributed by atoms with Gasteiger partial charge in [-0.25, -0.2) is 0 Å². The highest BCUT2D eigenvalue weighted by Gasteiger charge is 2.26. The molecule has 0 spiro atoms. The van der Waals surface area contributed by atoms with Crippen molar-refractivity contribution in [2.45, 2.75) is 39.2 Å². The summed E-state index contributed by atoms with van der Waals surface area (Å²) in [5.74, 6) is 0.662. The van der Waals surface area contributed by atoms with E-state index in [4.69, 9.17) is 0 Å². The maximum Gasteiger partial charge on any atom is 0.295 e. The molecule has 1 aliphatic rings. The molecule has 1 fully saturated rings. The third-order valence-corrected chi connectivity index (χ3v) is 3.66. The minimum atomic E-state index is -0.300. The Kier molecular flexibility index (Phi) is 3.31. The summed E-state index contributed by atoms with van der Waals surface area (Å²) in [6, 6.07) is 5.74. The van der Waals surface area contributed by atoms with E-state index < -0.39 is 0 Å². The second-order valence-corrected chi connectivity index (χ2v) is 4.85. The number of para-hydroxylation sites is 1. The van der Waals surface area contributed by atoms with Crippen molar-refractivity contribution in [3.63, 3.8) is 0 Å². The van der Waals surface area contributed by atoms with Crippen LogP contribution in [0.3, 0.4) is 0 Å². The minimum absolute atomic E-state index is 0.207. The maximum absolute atomic E-state index is 11.0. The molecule has 1 atom stereocenters. The molecule has 1 aromatic rings. The summed E-state index contributed by atoms with van der Waals surface area (Å²) in [5, 5.41) is 14.3. The molecule has 0 bridgehead atoms. The average molecular weight is 234 g/mol. The van der Waals surface area contributed by atoms with Crippen LogP contribution in [0.4, 0.5) is 11.4 Å². The van der Waals surface area contributed by atoms with Crippen LogP contribution in [0, 0.1) is 23.0 Å². The van der Waals surface area contributed by atoms with Crippen LogP contribution in [0.2, 0.25) is 0 Å². The minimum Gasteiger partial charge on any atom is -0.377 e. The van der Waals surface area contributed by atoms with Crippen molar-refractivity contribution >= 4 is 11.4 Å². The second kappa shape index (κ2) is 4.73. The SMILES string of the molecule is Cc1cccc(NC(C)C2CCC2)c1[N+](=O)[O-]. The summed E-state index contributed by atoms with van der Waals surface area (Å²) in [7, 11) is 0. The number of anilines is 1. The topological polar surface area (TPSA) is 55.2 Å². The van der Waals surface area contributed by atoms with Crippen molar-refractivity contribution in [3.8, 4) is 0 Å². The summed E-state index contributed by atoms with van der Waals surface area (Å²) in [6.07, 6.45) is 3.74. The summed E-state index contributed by atoms with van der Waals surface area (Å²) < 4.78 is 0. The Balaban J connectivity index is 2.19. The van der Waals surface area contributed by atoms with Crippen LogP contribution in [0.15, 0.2) is 18.2 Å². The van der Waals surface area contributed by atoms with E-state index in [0.29, 0.717) is 23.2 Å². The normalized spacial score (nSPS) is 17.3. The van der Waals surface area contributed by atoms with Gasteiger partial charge in [0.05, 0.1) is 4.92 Å². The molecule has 0 amide bonds. The predicted molar refractivity (Wildman–Crippen MR) is 68.3 cm³/mol. The quantitative estimate of drug-likeness (QED) is 0.640. The Morgan fingerprint density at radius 3 is 2.71 bits per heavy atom. The van der Waals surface area contributed by atoms with E-state index in [2.05, 4.69) is 12.2 Å². The highest BCUT2D eigenvalue weighted by molar-refractivity contribution is 5.65. The lowest BCUT2D eigenvalue weighted by Gasteiger charge is -2.32. The number of nitro benzene ring substituents is 1. The molecule has 1 aromatic carbocycles. The number of nitro groups is 1. The summed E-state index contributed by atoms with van der Waals surface area (Å²) in [6.45, 7) is 3.88. The van der Waals surface area contributed by atoms with Gasteiger partial charge in [-0.3, -0.25) is 10.1 Å². The smallest absolute Gasteiger partial charge is 0.295 e. The predicted octanol–water partition coefficient (Wildman–Crippen LogP) is 3.50. The van der Waals surface area contributed by atoms with Crippen LogP contribution >= 0.6 is 0 Å². The third kappa shape index (κ3) is 2.40. The Morgan fingerprint density at radius 2 is 2.18 bits per heavy atom. The first kappa shape index (κ1) is 11.9. The molecule has 2 rings (SSSR count).